The summed E-state index contributed by atoms with van der Waals surface area (Å²) < 4.78 is 6.12. The molecule has 1 saturated carbocycles. The molecule has 0 unspecified atom stereocenters. The Morgan fingerprint density at radius 3 is 2.15 bits per heavy atom. The van der Waals surface area contributed by atoms with E-state index in [1.54, 1.807) is 0 Å². The minimum absolute atomic E-state index is 0.162. The number of hydrogen-bond donors (Lipinski definition) is 1. The molecule has 0 amide bonds. The predicted octanol–water partition coefficient (Wildman–Crippen LogP) is 4.68. The van der Waals surface area contributed by atoms with Crippen molar-refractivity contribution >= 4 is 0 Å². The largest absolute Gasteiger partial charge is 0.490 e. The molecule has 0 bridgehead atoms. The standard InChI is InChI=1S/C18H29NO/c1-18(2,3)19-14-15-10-12-17(13-11-15)20-16-8-6-4-5-7-9-16/h10-13,16,19H,4-9,14H2,1-3H3. The van der Waals surface area contributed by atoms with Crippen LogP contribution in [0, 0.1) is 0 Å². The van der Waals surface area contributed by atoms with E-state index in [1.807, 2.05) is 0 Å². The highest BCUT2D eigenvalue weighted by Crippen LogP contribution is 2.23. The zero-order chi connectivity index (χ0) is 14.4. The Morgan fingerprint density at radius 2 is 1.60 bits per heavy atom. The lowest BCUT2D eigenvalue weighted by Gasteiger charge is -2.21. The molecule has 0 spiro atoms. The van der Waals surface area contributed by atoms with Gasteiger partial charge in [-0.25, -0.2) is 0 Å². The van der Waals surface area contributed by atoms with E-state index in [4.69, 9.17) is 4.74 Å². The van der Waals surface area contributed by atoms with Gasteiger partial charge in [-0.2, -0.15) is 0 Å². The molecule has 0 radical (unpaired) electrons. The van der Waals surface area contributed by atoms with Crippen molar-refractivity contribution < 1.29 is 4.74 Å². The SMILES string of the molecule is CC(C)(C)NCc1ccc(OC2CCCCCC2)cc1. The highest BCUT2D eigenvalue weighted by Gasteiger charge is 2.13. The van der Waals surface area contributed by atoms with Gasteiger partial charge in [0, 0.05) is 12.1 Å². The van der Waals surface area contributed by atoms with Crippen LogP contribution >= 0.6 is 0 Å². The second-order valence-corrected chi connectivity index (χ2v) is 6.98. The van der Waals surface area contributed by atoms with Crippen LogP contribution in [0.25, 0.3) is 0 Å². The highest BCUT2D eigenvalue weighted by molar-refractivity contribution is 5.27. The summed E-state index contributed by atoms with van der Waals surface area (Å²) >= 11 is 0. The summed E-state index contributed by atoms with van der Waals surface area (Å²) in [6, 6.07) is 8.57. The summed E-state index contributed by atoms with van der Waals surface area (Å²) in [6.07, 6.45) is 8.24. The summed E-state index contributed by atoms with van der Waals surface area (Å²) in [5.74, 6) is 1.02. The fourth-order valence-corrected chi connectivity index (χ4v) is 2.61. The fraction of sp³-hybridized carbons (Fsp3) is 0.667. The van der Waals surface area contributed by atoms with E-state index in [0.717, 1.165) is 12.3 Å². The molecule has 0 saturated heterocycles. The van der Waals surface area contributed by atoms with E-state index < -0.39 is 0 Å². The van der Waals surface area contributed by atoms with Crippen LogP contribution in [0.2, 0.25) is 0 Å². The first-order valence-electron chi connectivity index (χ1n) is 8.03. The van der Waals surface area contributed by atoms with Crippen LogP contribution in [0.15, 0.2) is 24.3 Å². The Morgan fingerprint density at radius 1 is 1.00 bits per heavy atom. The molecule has 0 heterocycles. The van der Waals surface area contributed by atoms with Crippen LogP contribution in [0.4, 0.5) is 0 Å². The third kappa shape index (κ3) is 5.54. The van der Waals surface area contributed by atoms with E-state index in [2.05, 4.69) is 50.4 Å². The lowest BCUT2D eigenvalue weighted by Crippen LogP contribution is -2.35. The van der Waals surface area contributed by atoms with Crippen molar-refractivity contribution in [3.63, 3.8) is 0 Å². The summed E-state index contributed by atoms with van der Waals surface area (Å²) in [4.78, 5) is 0. The van der Waals surface area contributed by atoms with Crippen molar-refractivity contribution in [3.8, 4) is 5.75 Å². The van der Waals surface area contributed by atoms with Gasteiger partial charge in [0.15, 0.2) is 0 Å². The van der Waals surface area contributed by atoms with Gasteiger partial charge < -0.3 is 10.1 Å². The molecule has 20 heavy (non-hydrogen) atoms. The van der Waals surface area contributed by atoms with Gasteiger partial charge in [0.2, 0.25) is 0 Å². The number of nitrogens with one attached hydrogen (secondary N) is 1. The molecule has 2 heteroatoms. The Bertz CT molecular complexity index is 383. The maximum Gasteiger partial charge on any atom is 0.119 e. The van der Waals surface area contributed by atoms with Crippen LogP contribution in [0.1, 0.15) is 64.9 Å². The first kappa shape index (κ1) is 15.4. The van der Waals surface area contributed by atoms with E-state index in [0.29, 0.717) is 6.10 Å². The fourth-order valence-electron chi connectivity index (χ4n) is 2.61. The average Bonchev–Trinajstić information content (AvgIpc) is 2.66. The van der Waals surface area contributed by atoms with Crippen molar-refractivity contribution in [1.29, 1.82) is 0 Å². The quantitative estimate of drug-likeness (QED) is 0.806. The van der Waals surface area contributed by atoms with E-state index in [-0.39, 0.29) is 5.54 Å². The smallest absolute Gasteiger partial charge is 0.119 e. The van der Waals surface area contributed by atoms with Crippen molar-refractivity contribution in [3.05, 3.63) is 29.8 Å². The summed E-state index contributed by atoms with van der Waals surface area (Å²) in [5.41, 5.74) is 1.48. The minimum Gasteiger partial charge on any atom is -0.490 e. The molecule has 1 aliphatic rings. The molecule has 112 valence electrons. The minimum atomic E-state index is 0.162. The summed E-state index contributed by atoms with van der Waals surface area (Å²) in [5, 5.41) is 3.51. The first-order valence-corrected chi connectivity index (χ1v) is 8.03. The molecule has 0 aliphatic heterocycles. The van der Waals surface area contributed by atoms with Gasteiger partial charge in [0.1, 0.15) is 5.75 Å². The lowest BCUT2D eigenvalue weighted by molar-refractivity contribution is 0.183. The molecule has 1 aliphatic carbocycles. The predicted molar refractivity (Wildman–Crippen MR) is 85.2 cm³/mol. The van der Waals surface area contributed by atoms with E-state index >= 15 is 0 Å². The maximum atomic E-state index is 6.12. The van der Waals surface area contributed by atoms with Crippen LogP contribution in [0.5, 0.6) is 5.75 Å². The number of rotatable bonds is 4. The molecule has 1 aromatic rings. The van der Waals surface area contributed by atoms with Crippen molar-refractivity contribution in [2.24, 2.45) is 0 Å². The second kappa shape index (κ2) is 7.12. The maximum absolute atomic E-state index is 6.12. The third-order valence-corrected chi connectivity index (χ3v) is 3.85. The first-order chi connectivity index (χ1) is 9.53. The van der Waals surface area contributed by atoms with Crippen LogP contribution in [-0.4, -0.2) is 11.6 Å². The Hall–Kier alpha value is -1.02. The Balaban J connectivity index is 1.84. The molecule has 2 nitrogen and oxygen atoms in total. The Labute approximate surface area is 123 Å². The number of ether oxygens (including phenoxy) is 1. The molecule has 1 fully saturated rings. The molecule has 0 atom stereocenters. The molecular formula is C18H29NO. The van der Waals surface area contributed by atoms with Crippen molar-refractivity contribution in [2.45, 2.75) is 77.5 Å². The highest BCUT2D eigenvalue weighted by atomic mass is 16.5. The van der Waals surface area contributed by atoms with E-state index in [1.165, 1.54) is 44.1 Å². The second-order valence-electron chi connectivity index (χ2n) is 6.98. The zero-order valence-corrected chi connectivity index (χ0v) is 13.2. The van der Waals surface area contributed by atoms with Gasteiger partial charge in [-0.15, -0.1) is 0 Å². The normalized spacial score (nSPS) is 17.8. The van der Waals surface area contributed by atoms with Gasteiger partial charge in [-0.3, -0.25) is 0 Å². The van der Waals surface area contributed by atoms with Gasteiger partial charge in [0.25, 0.3) is 0 Å². The van der Waals surface area contributed by atoms with Crippen molar-refractivity contribution in [2.75, 3.05) is 0 Å². The lowest BCUT2D eigenvalue weighted by atomic mass is 10.1. The monoisotopic (exact) mass is 275 g/mol. The van der Waals surface area contributed by atoms with Crippen LogP contribution in [0.3, 0.4) is 0 Å². The van der Waals surface area contributed by atoms with Gasteiger partial charge in [-0.05, 0) is 64.2 Å². The van der Waals surface area contributed by atoms with Gasteiger partial charge in [0.05, 0.1) is 6.10 Å². The summed E-state index contributed by atoms with van der Waals surface area (Å²) in [7, 11) is 0. The average molecular weight is 275 g/mol. The van der Waals surface area contributed by atoms with Crippen molar-refractivity contribution in [1.82, 2.24) is 5.32 Å². The van der Waals surface area contributed by atoms with E-state index in [9.17, 15) is 0 Å². The molecule has 2 rings (SSSR count). The van der Waals surface area contributed by atoms with Crippen LogP contribution < -0.4 is 10.1 Å². The van der Waals surface area contributed by atoms with Crippen LogP contribution in [-0.2, 0) is 6.54 Å². The molecule has 0 aromatic heterocycles. The summed E-state index contributed by atoms with van der Waals surface area (Å²) in [6.45, 7) is 7.48. The zero-order valence-electron chi connectivity index (χ0n) is 13.2. The number of benzene rings is 1. The molecular weight excluding hydrogens is 246 g/mol. The number of hydrogen-bond acceptors (Lipinski definition) is 2. The van der Waals surface area contributed by atoms with Gasteiger partial charge in [-0.1, -0.05) is 25.0 Å². The third-order valence-electron chi connectivity index (χ3n) is 3.85. The Kier molecular flexibility index (Phi) is 5.47. The topological polar surface area (TPSA) is 21.3 Å². The molecule has 1 aromatic carbocycles. The van der Waals surface area contributed by atoms with Gasteiger partial charge >= 0.3 is 0 Å². The molecule has 1 N–H and O–H groups in total.